The Hall–Kier alpha value is -0.570. The lowest BCUT2D eigenvalue weighted by atomic mass is 10.00. The maximum atomic E-state index is 9.47. The van der Waals surface area contributed by atoms with Crippen LogP contribution in [0.25, 0.3) is 0 Å². The van der Waals surface area contributed by atoms with E-state index in [0.29, 0.717) is 0 Å². The molecular weight excluding hydrogens is 186 g/mol. The fourth-order valence-electron chi connectivity index (χ4n) is 1.19. The summed E-state index contributed by atoms with van der Waals surface area (Å²) in [7, 11) is 1.75. The predicted molar refractivity (Wildman–Crippen MR) is 57.2 cm³/mol. The molecule has 2 N–H and O–H groups in total. The lowest BCUT2D eigenvalue weighted by molar-refractivity contribution is 0.122. The molecule has 0 aliphatic carbocycles. The van der Waals surface area contributed by atoms with E-state index in [9.17, 15) is 5.11 Å². The Morgan fingerprint density at radius 2 is 1.77 bits per heavy atom. The predicted octanol–water partition coefficient (Wildman–Crippen LogP) is 1.75. The number of hydrogen-bond donors (Lipinski definition) is 2. The minimum absolute atomic E-state index is 0. The summed E-state index contributed by atoms with van der Waals surface area (Å²) in [4.78, 5) is 0. The molecule has 0 saturated carbocycles. The van der Waals surface area contributed by atoms with Gasteiger partial charge in [0.1, 0.15) is 6.23 Å². The second-order valence-corrected chi connectivity index (χ2v) is 2.93. The third kappa shape index (κ3) is 3.35. The topological polar surface area (TPSA) is 32.3 Å². The number of hydrogen-bond acceptors (Lipinski definition) is 2. The average molecular weight is 202 g/mol. The van der Waals surface area contributed by atoms with Crippen molar-refractivity contribution >= 4 is 12.4 Å². The zero-order valence-corrected chi connectivity index (χ0v) is 8.71. The lowest BCUT2D eigenvalue weighted by Gasteiger charge is -2.17. The van der Waals surface area contributed by atoms with Crippen LogP contribution in [0.1, 0.15) is 18.4 Å². The molecule has 0 fully saturated rings. The van der Waals surface area contributed by atoms with E-state index >= 15 is 0 Å². The molecule has 0 aliphatic heterocycles. The molecular formula is C10H16ClNO. The molecule has 0 heterocycles. The van der Waals surface area contributed by atoms with Crippen molar-refractivity contribution in [2.75, 3.05) is 7.05 Å². The third-order valence-corrected chi connectivity index (χ3v) is 2.09. The van der Waals surface area contributed by atoms with Crippen LogP contribution in [0.4, 0.5) is 0 Å². The summed E-state index contributed by atoms with van der Waals surface area (Å²) in [5.41, 5.74) is 1.15. The maximum absolute atomic E-state index is 9.47. The van der Waals surface area contributed by atoms with Crippen LogP contribution in [0, 0.1) is 0 Å². The summed E-state index contributed by atoms with van der Waals surface area (Å²) in [5.74, 6) is 0.135. The zero-order valence-electron chi connectivity index (χ0n) is 7.90. The molecule has 1 aromatic carbocycles. The van der Waals surface area contributed by atoms with Gasteiger partial charge in [-0.05, 0) is 12.6 Å². The summed E-state index contributed by atoms with van der Waals surface area (Å²) in [5, 5.41) is 12.3. The molecule has 1 rings (SSSR count). The summed E-state index contributed by atoms with van der Waals surface area (Å²) in [6, 6.07) is 9.97. The van der Waals surface area contributed by atoms with E-state index in [1.807, 2.05) is 37.3 Å². The second-order valence-electron chi connectivity index (χ2n) is 2.93. The van der Waals surface area contributed by atoms with Crippen LogP contribution in [0.5, 0.6) is 0 Å². The van der Waals surface area contributed by atoms with Crippen molar-refractivity contribution in [2.45, 2.75) is 19.1 Å². The number of likely N-dealkylation sites (N-methyl/N-ethyl adjacent to an activating group) is 1. The Kier molecular flexibility index (Phi) is 5.71. The first-order valence-corrected chi connectivity index (χ1v) is 4.16. The average Bonchev–Trinajstić information content (AvgIpc) is 2.17. The first-order valence-electron chi connectivity index (χ1n) is 4.16. The molecule has 2 atom stereocenters. The highest BCUT2D eigenvalue weighted by Gasteiger charge is 2.12. The zero-order chi connectivity index (χ0) is 8.97. The van der Waals surface area contributed by atoms with Gasteiger partial charge in [-0.25, -0.2) is 0 Å². The molecule has 3 heteroatoms. The van der Waals surface area contributed by atoms with Crippen molar-refractivity contribution in [3.8, 4) is 0 Å². The van der Waals surface area contributed by atoms with Crippen LogP contribution >= 0.6 is 12.4 Å². The molecule has 0 radical (unpaired) electrons. The maximum Gasteiger partial charge on any atom is 0.111 e. The molecule has 13 heavy (non-hydrogen) atoms. The quantitative estimate of drug-likeness (QED) is 0.731. The Morgan fingerprint density at radius 3 is 2.23 bits per heavy atom. The molecule has 0 aromatic heterocycles. The van der Waals surface area contributed by atoms with Crippen molar-refractivity contribution in [3.63, 3.8) is 0 Å². The standard InChI is InChI=1S/C10H15NO.ClH/c1-8(10(12)11-2)9-6-4-3-5-7-9;/h3-8,10-12H,1-2H3;1H. The number of nitrogens with one attached hydrogen (secondary N) is 1. The van der Waals surface area contributed by atoms with Gasteiger partial charge in [-0.15, -0.1) is 12.4 Å². The Labute approximate surface area is 85.4 Å². The SMILES string of the molecule is CNC(O)C(C)c1ccccc1.Cl. The Morgan fingerprint density at radius 1 is 1.23 bits per heavy atom. The number of rotatable bonds is 3. The van der Waals surface area contributed by atoms with Crippen LogP contribution in [0.2, 0.25) is 0 Å². The molecule has 0 bridgehead atoms. The van der Waals surface area contributed by atoms with E-state index in [0.717, 1.165) is 5.56 Å². The fraction of sp³-hybridized carbons (Fsp3) is 0.400. The highest BCUT2D eigenvalue weighted by atomic mass is 35.5. The van der Waals surface area contributed by atoms with E-state index in [4.69, 9.17) is 0 Å². The second kappa shape index (κ2) is 5.97. The van der Waals surface area contributed by atoms with Gasteiger partial charge in [0.15, 0.2) is 0 Å². The third-order valence-electron chi connectivity index (χ3n) is 2.09. The van der Waals surface area contributed by atoms with Crippen LogP contribution in [0.15, 0.2) is 30.3 Å². The Bertz CT molecular complexity index is 228. The monoisotopic (exact) mass is 201 g/mol. The summed E-state index contributed by atoms with van der Waals surface area (Å²) < 4.78 is 0. The molecule has 2 nitrogen and oxygen atoms in total. The minimum atomic E-state index is -0.465. The first kappa shape index (κ1) is 12.4. The van der Waals surface area contributed by atoms with Gasteiger partial charge in [0.25, 0.3) is 0 Å². The minimum Gasteiger partial charge on any atom is -0.378 e. The van der Waals surface area contributed by atoms with Gasteiger partial charge in [0.05, 0.1) is 0 Å². The molecule has 1 aromatic rings. The van der Waals surface area contributed by atoms with E-state index in [1.165, 1.54) is 0 Å². The van der Waals surface area contributed by atoms with Crippen molar-refractivity contribution in [2.24, 2.45) is 0 Å². The van der Waals surface area contributed by atoms with E-state index < -0.39 is 6.23 Å². The van der Waals surface area contributed by atoms with Crippen molar-refractivity contribution in [1.29, 1.82) is 0 Å². The normalized spacial score (nSPS) is 14.4. The number of aliphatic hydroxyl groups excluding tert-OH is 1. The summed E-state index contributed by atoms with van der Waals surface area (Å²) in [6.45, 7) is 2.00. The largest absolute Gasteiger partial charge is 0.378 e. The van der Waals surface area contributed by atoms with Crippen LogP contribution in [-0.4, -0.2) is 18.4 Å². The van der Waals surface area contributed by atoms with Gasteiger partial charge in [-0.3, -0.25) is 5.32 Å². The fourth-order valence-corrected chi connectivity index (χ4v) is 1.19. The van der Waals surface area contributed by atoms with E-state index in [1.54, 1.807) is 7.05 Å². The van der Waals surface area contributed by atoms with Gasteiger partial charge in [-0.2, -0.15) is 0 Å². The van der Waals surface area contributed by atoms with Crippen molar-refractivity contribution in [3.05, 3.63) is 35.9 Å². The smallest absolute Gasteiger partial charge is 0.111 e. The van der Waals surface area contributed by atoms with Crippen molar-refractivity contribution < 1.29 is 5.11 Å². The highest BCUT2D eigenvalue weighted by molar-refractivity contribution is 5.85. The lowest BCUT2D eigenvalue weighted by Crippen LogP contribution is -2.29. The van der Waals surface area contributed by atoms with Gasteiger partial charge in [0, 0.05) is 5.92 Å². The van der Waals surface area contributed by atoms with Crippen LogP contribution < -0.4 is 5.32 Å². The number of aliphatic hydroxyl groups is 1. The van der Waals surface area contributed by atoms with E-state index in [-0.39, 0.29) is 18.3 Å². The molecule has 0 aliphatic rings. The highest BCUT2D eigenvalue weighted by Crippen LogP contribution is 2.16. The summed E-state index contributed by atoms with van der Waals surface area (Å²) >= 11 is 0. The van der Waals surface area contributed by atoms with Gasteiger partial charge >= 0.3 is 0 Å². The van der Waals surface area contributed by atoms with Gasteiger partial charge in [-0.1, -0.05) is 37.3 Å². The van der Waals surface area contributed by atoms with E-state index in [2.05, 4.69) is 5.32 Å². The van der Waals surface area contributed by atoms with Crippen LogP contribution in [0.3, 0.4) is 0 Å². The number of benzene rings is 1. The van der Waals surface area contributed by atoms with Gasteiger partial charge < -0.3 is 5.11 Å². The first-order chi connectivity index (χ1) is 5.75. The number of halogens is 1. The summed E-state index contributed by atoms with van der Waals surface area (Å²) in [6.07, 6.45) is -0.465. The molecule has 74 valence electrons. The molecule has 0 amide bonds. The van der Waals surface area contributed by atoms with Crippen LogP contribution in [-0.2, 0) is 0 Å². The van der Waals surface area contributed by atoms with Crippen molar-refractivity contribution in [1.82, 2.24) is 5.32 Å². The molecule has 0 spiro atoms. The molecule has 0 saturated heterocycles. The Balaban J connectivity index is 0.00000144. The molecule has 2 unspecified atom stereocenters. The van der Waals surface area contributed by atoms with Gasteiger partial charge in [0.2, 0.25) is 0 Å².